The molecule has 0 radical (unpaired) electrons. The molecule has 0 aromatic carbocycles. The molecule has 1 aliphatic heterocycles. The number of hydrogen-bond acceptors (Lipinski definition) is 2. The van der Waals surface area contributed by atoms with E-state index in [4.69, 9.17) is 5.11 Å². The van der Waals surface area contributed by atoms with Gasteiger partial charge in [0, 0.05) is 6.54 Å². The molecule has 2 rings (SSSR count). The topological polar surface area (TPSA) is 61.4 Å². The van der Waals surface area contributed by atoms with Crippen LogP contribution in [-0.2, 0) is 0 Å². The van der Waals surface area contributed by atoms with Gasteiger partial charge < -0.3 is 15.7 Å². The van der Waals surface area contributed by atoms with Gasteiger partial charge in [0.15, 0.2) is 0 Å². The van der Waals surface area contributed by atoms with Crippen molar-refractivity contribution in [2.45, 2.75) is 32.1 Å². The Morgan fingerprint density at radius 2 is 2.07 bits per heavy atom. The summed E-state index contributed by atoms with van der Waals surface area (Å²) in [5.41, 5.74) is 0.241. The van der Waals surface area contributed by atoms with Gasteiger partial charge in [-0.25, -0.2) is 4.79 Å². The second-order valence-corrected chi connectivity index (χ2v) is 5.06. The maximum absolute atomic E-state index is 10.6. The minimum Gasteiger partial charge on any atom is -0.465 e. The number of carbonyl (C=O) groups is 1. The lowest BCUT2D eigenvalue weighted by molar-refractivity contribution is 0.152. The predicted octanol–water partition coefficient (Wildman–Crippen LogP) is 1.42. The van der Waals surface area contributed by atoms with Crippen LogP contribution in [0.2, 0.25) is 0 Å². The first kappa shape index (κ1) is 10.7. The van der Waals surface area contributed by atoms with Gasteiger partial charge in [-0.3, -0.25) is 0 Å². The largest absolute Gasteiger partial charge is 0.465 e. The number of nitrogens with one attached hydrogen (secondary N) is 2. The highest BCUT2D eigenvalue weighted by Gasteiger charge is 2.37. The van der Waals surface area contributed by atoms with Crippen LogP contribution in [-0.4, -0.2) is 30.8 Å². The number of rotatable bonds is 4. The van der Waals surface area contributed by atoms with Crippen LogP contribution in [0.1, 0.15) is 32.1 Å². The normalized spacial score (nSPS) is 24.8. The van der Waals surface area contributed by atoms with E-state index < -0.39 is 6.09 Å². The molecule has 0 aromatic rings. The van der Waals surface area contributed by atoms with Crippen molar-refractivity contribution in [2.75, 3.05) is 19.6 Å². The van der Waals surface area contributed by atoms with E-state index in [2.05, 4.69) is 10.6 Å². The highest BCUT2D eigenvalue weighted by Crippen LogP contribution is 2.44. The van der Waals surface area contributed by atoms with Gasteiger partial charge in [0.05, 0.1) is 0 Å². The smallest absolute Gasteiger partial charge is 0.404 e. The Labute approximate surface area is 90.4 Å². The summed E-state index contributed by atoms with van der Waals surface area (Å²) >= 11 is 0. The average Bonchev–Trinajstić information content (AvgIpc) is 3.00. The van der Waals surface area contributed by atoms with Crippen LogP contribution < -0.4 is 10.6 Å². The molecule has 0 bridgehead atoms. The zero-order chi connectivity index (χ0) is 10.7. The van der Waals surface area contributed by atoms with Crippen molar-refractivity contribution in [3.05, 3.63) is 0 Å². The first-order valence-electron chi connectivity index (χ1n) is 5.88. The van der Waals surface area contributed by atoms with Crippen LogP contribution in [0.15, 0.2) is 0 Å². The van der Waals surface area contributed by atoms with E-state index in [-0.39, 0.29) is 5.41 Å². The fourth-order valence-electron chi connectivity index (χ4n) is 2.61. The van der Waals surface area contributed by atoms with Crippen LogP contribution in [0, 0.1) is 11.3 Å². The predicted molar refractivity (Wildman–Crippen MR) is 57.9 cm³/mol. The van der Waals surface area contributed by atoms with E-state index in [0.717, 1.165) is 31.8 Å². The molecule has 1 heterocycles. The van der Waals surface area contributed by atoms with Crippen LogP contribution in [0.5, 0.6) is 0 Å². The quantitative estimate of drug-likeness (QED) is 0.660. The molecule has 4 nitrogen and oxygen atoms in total. The molecule has 4 heteroatoms. The van der Waals surface area contributed by atoms with Crippen molar-refractivity contribution < 1.29 is 9.90 Å². The second-order valence-electron chi connectivity index (χ2n) is 5.06. The molecule has 1 amide bonds. The van der Waals surface area contributed by atoms with Gasteiger partial charge in [-0.1, -0.05) is 12.8 Å². The second kappa shape index (κ2) is 4.39. The van der Waals surface area contributed by atoms with Gasteiger partial charge in [0.25, 0.3) is 0 Å². The SMILES string of the molecule is O=C(O)NCC1(CC2CC2)CCNCC1. The Balaban J connectivity index is 1.89. The van der Waals surface area contributed by atoms with Crippen molar-refractivity contribution in [2.24, 2.45) is 11.3 Å². The lowest BCUT2D eigenvalue weighted by Crippen LogP contribution is -2.44. The lowest BCUT2D eigenvalue weighted by Gasteiger charge is -2.37. The number of hydrogen-bond donors (Lipinski definition) is 3. The highest BCUT2D eigenvalue weighted by atomic mass is 16.4. The molecule has 15 heavy (non-hydrogen) atoms. The Kier molecular flexibility index (Phi) is 3.14. The molecular weight excluding hydrogens is 192 g/mol. The number of carboxylic acid groups (broad SMARTS) is 1. The molecule has 1 aliphatic carbocycles. The zero-order valence-corrected chi connectivity index (χ0v) is 9.09. The summed E-state index contributed by atoms with van der Waals surface area (Å²) in [5, 5.41) is 14.6. The zero-order valence-electron chi connectivity index (χ0n) is 9.09. The van der Waals surface area contributed by atoms with E-state index in [0.29, 0.717) is 6.54 Å². The van der Waals surface area contributed by atoms with E-state index >= 15 is 0 Å². The van der Waals surface area contributed by atoms with Crippen LogP contribution in [0.25, 0.3) is 0 Å². The standard InChI is InChI=1S/C11H20N2O2/c14-10(15)13-8-11(7-9-1-2-9)3-5-12-6-4-11/h9,12-13H,1-8H2,(H,14,15). The third kappa shape index (κ3) is 3.09. The van der Waals surface area contributed by atoms with Gasteiger partial charge in [-0.05, 0) is 43.7 Å². The van der Waals surface area contributed by atoms with Crippen molar-refractivity contribution in [1.29, 1.82) is 0 Å². The van der Waals surface area contributed by atoms with Crippen molar-refractivity contribution in [3.63, 3.8) is 0 Å². The Morgan fingerprint density at radius 3 is 2.60 bits per heavy atom. The van der Waals surface area contributed by atoms with Gasteiger partial charge in [0.2, 0.25) is 0 Å². The minimum atomic E-state index is -0.885. The maximum Gasteiger partial charge on any atom is 0.404 e. The van der Waals surface area contributed by atoms with Crippen LogP contribution >= 0.6 is 0 Å². The fourth-order valence-corrected chi connectivity index (χ4v) is 2.61. The molecule has 1 saturated carbocycles. The first-order valence-corrected chi connectivity index (χ1v) is 5.88. The molecule has 2 aliphatic rings. The first-order chi connectivity index (χ1) is 7.20. The fraction of sp³-hybridized carbons (Fsp3) is 0.909. The maximum atomic E-state index is 10.6. The summed E-state index contributed by atoms with van der Waals surface area (Å²) < 4.78 is 0. The molecule has 0 atom stereocenters. The van der Waals surface area contributed by atoms with Crippen molar-refractivity contribution in [1.82, 2.24) is 10.6 Å². The molecule has 0 aromatic heterocycles. The summed E-state index contributed by atoms with van der Waals surface area (Å²) in [5.74, 6) is 0.874. The molecule has 2 fully saturated rings. The van der Waals surface area contributed by atoms with Gasteiger partial charge in [-0.15, -0.1) is 0 Å². The number of amides is 1. The monoisotopic (exact) mass is 212 g/mol. The lowest BCUT2D eigenvalue weighted by atomic mass is 9.74. The third-order valence-corrected chi connectivity index (χ3v) is 3.70. The van der Waals surface area contributed by atoms with E-state index in [1.807, 2.05) is 0 Å². The Morgan fingerprint density at radius 1 is 1.40 bits per heavy atom. The molecular formula is C11H20N2O2. The summed E-state index contributed by atoms with van der Waals surface area (Å²) in [6, 6.07) is 0. The minimum absolute atomic E-state index is 0.241. The summed E-state index contributed by atoms with van der Waals surface area (Å²) in [6.45, 7) is 2.71. The molecule has 86 valence electrons. The Bertz CT molecular complexity index is 233. The summed E-state index contributed by atoms with van der Waals surface area (Å²) in [6.07, 6.45) is 5.26. The highest BCUT2D eigenvalue weighted by molar-refractivity contribution is 5.64. The van der Waals surface area contributed by atoms with Gasteiger partial charge >= 0.3 is 6.09 Å². The third-order valence-electron chi connectivity index (χ3n) is 3.70. The molecule has 0 spiro atoms. The van der Waals surface area contributed by atoms with Crippen LogP contribution in [0.4, 0.5) is 4.79 Å². The molecule has 0 unspecified atom stereocenters. The summed E-state index contributed by atoms with van der Waals surface area (Å²) in [4.78, 5) is 10.6. The molecule has 3 N–H and O–H groups in total. The average molecular weight is 212 g/mol. The van der Waals surface area contributed by atoms with E-state index in [1.54, 1.807) is 0 Å². The number of piperidine rings is 1. The van der Waals surface area contributed by atoms with Crippen LogP contribution in [0.3, 0.4) is 0 Å². The van der Waals surface area contributed by atoms with Gasteiger partial charge in [0.1, 0.15) is 0 Å². The molecule has 1 saturated heterocycles. The van der Waals surface area contributed by atoms with E-state index in [1.165, 1.54) is 19.3 Å². The van der Waals surface area contributed by atoms with Gasteiger partial charge in [-0.2, -0.15) is 0 Å². The summed E-state index contributed by atoms with van der Waals surface area (Å²) in [7, 11) is 0. The van der Waals surface area contributed by atoms with E-state index in [9.17, 15) is 4.79 Å². The van der Waals surface area contributed by atoms with Crippen molar-refractivity contribution in [3.8, 4) is 0 Å². The van der Waals surface area contributed by atoms with Crippen molar-refractivity contribution >= 4 is 6.09 Å². The Hall–Kier alpha value is -0.770.